The van der Waals surface area contributed by atoms with Crippen LogP contribution in [0.25, 0.3) is 16.7 Å². The van der Waals surface area contributed by atoms with E-state index >= 15 is 0 Å². The maximum atomic E-state index is 12.4. The third-order valence-corrected chi connectivity index (χ3v) is 6.85. The second kappa shape index (κ2) is 7.82. The molecular formula is C29H25N3O2. The molecule has 0 amide bonds. The highest BCUT2D eigenvalue weighted by Gasteiger charge is 2.46. The minimum atomic E-state index is -1.24. The van der Waals surface area contributed by atoms with Crippen LogP contribution in [0.3, 0.4) is 0 Å². The third-order valence-electron chi connectivity index (χ3n) is 6.85. The Morgan fingerprint density at radius 2 is 1.59 bits per heavy atom. The van der Waals surface area contributed by atoms with Gasteiger partial charge in [0, 0.05) is 11.6 Å². The third kappa shape index (κ3) is 3.20. The average Bonchev–Trinajstić information content (AvgIpc) is 3.29. The molecule has 34 heavy (non-hydrogen) atoms. The zero-order valence-electron chi connectivity index (χ0n) is 19.1. The van der Waals surface area contributed by atoms with Crippen molar-refractivity contribution in [2.45, 2.75) is 25.4 Å². The first-order valence-electron chi connectivity index (χ1n) is 11.5. The van der Waals surface area contributed by atoms with Crippen molar-refractivity contribution in [2.75, 3.05) is 6.61 Å². The zero-order chi connectivity index (χ0) is 23.3. The molecule has 1 N–H and O–H groups in total. The van der Waals surface area contributed by atoms with E-state index in [2.05, 4.69) is 48.4 Å². The van der Waals surface area contributed by atoms with E-state index in [1.54, 1.807) is 4.68 Å². The summed E-state index contributed by atoms with van der Waals surface area (Å²) in [6.45, 7) is 4.48. The van der Waals surface area contributed by atoms with Gasteiger partial charge in [-0.25, -0.2) is 4.68 Å². The van der Waals surface area contributed by atoms with Crippen LogP contribution in [0.5, 0.6) is 5.75 Å². The molecule has 0 radical (unpaired) electrons. The van der Waals surface area contributed by atoms with E-state index in [9.17, 15) is 5.11 Å². The molecule has 1 aliphatic rings. The Morgan fingerprint density at radius 1 is 0.882 bits per heavy atom. The molecule has 5 aromatic rings. The number of fused-ring (bicyclic) bond motifs is 2. The highest BCUT2D eigenvalue weighted by atomic mass is 16.5. The average molecular weight is 448 g/mol. The van der Waals surface area contributed by atoms with Crippen LogP contribution in [0.15, 0.2) is 91.0 Å². The molecule has 6 rings (SSSR count). The number of nitrogens with zero attached hydrogens (tertiary/aromatic N) is 3. The van der Waals surface area contributed by atoms with Crippen LogP contribution >= 0.6 is 0 Å². The van der Waals surface area contributed by atoms with Crippen LogP contribution < -0.4 is 4.74 Å². The molecule has 2 heterocycles. The van der Waals surface area contributed by atoms with Crippen molar-refractivity contribution in [3.63, 3.8) is 0 Å². The SMILES string of the molecule is Cc1ccc(C2COc3cc(-n4nnc5ccccc54)ccc3C2(O)c2ccc(C)cc2)cc1. The van der Waals surface area contributed by atoms with E-state index in [-0.39, 0.29) is 5.92 Å². The first-order chi connectivity index (χ1) is 16.5. The summed E-state index contributed by atoms with van der Waals surface area (Å²) in [6, 6.07) is 30.2. The number of hydrogen-bond donors (Lipinski definition) is 1. The van der Waals surface area contributed by atoms with Gasteiger partial charge in [-0.2, -0.15) is 0 Å². The van der Waals surface area contributed by atoms with Crippen LogP contribution in [0.4, 0.5) is 0 Å². The highest BCUT2D eigenvalue weighted by Crippen LogP contribution is 2.49. The number of aryl methyl sites for hydroxylation is 2. The lowest BCUT2D eigenvalue weighted by Gasteiger charge is -2.42. The maximum absolute atomic E-state index is 12.4. The lowest BCUT2D eigenvalue weighted by molar-refractivity contribution is 0.0107. The Morgan fingerprint density at radius 3 is 2.35 bits per heavy atom. The topological polar surface area (TPSA) is 60.2 Å². The number of ether oxygens (including phenoxy) is 1. The summed E-state index contributed by atoms with van der Waals surface area (Å²) in [5.41, 5.74) is 6.34. The van der Waals surface area contributed by atoms with E-state index in [1.165, 1.54) is 5.56 Å². The Balaban J connectivity index is 1.51. The number of rotatable bonds is 3. The van der Waals surface area contributed by atoms with Crippen molar-refractivity contribution in [3.8, 4) is 11.4 Å². The lowest BCUT2D eigenvalue weighted by atomic mass is 9.71. The van der Waals surface area contributed by atoms with Gasteiger partial charge in [0.05, 0.1) is 23.7 Å². The predicted molar refractivity (Wildman–Crippen MR) is 132 cm³/mol. The van der Waals surface area contributed by atoms with Gasteiger partial charge >= 0.3 is 0 Å². The van der Waals surface area contributed by atoms with Gasteiger partial charge in [0.25, 0.3) is 0 Å². The zero-order valence-corrected chi connectivity index (χ0v) is 19.1. The summed E-state index contributed by atoms with van der Waals surface area (Å²) in [6.07, 6.45) is 0. The molecule has 1 aromatic heterocycles. The first-order valence-corrected chi connectivity index (χ1v) is 11.5. The molecule has 1 aliphatic heterocycles. The van der Waals surface area contributed by atoms with Gasteiger partial charge in [-0.05, 0) is 49.2 Å². The molecule has 0 saturated carbocycles. The molecule has 4 aromatic carbocycles. The Bertz CT molecular complexity index is 1490. The molecule has 0 saturated heterocycles. The summed E-state index contributed by atoms with van der Waals surface area (Å²) in [5.74, 6) is 0.407. The number of aliphatic hydroxyl groups is 1. The van der Waals surface area contributed by atoms with Crippen LogP contribution in [-0.4, -0.2) is 26.7 Å². The van der Waals surface area contributed by atoms with E-state index in [0.717, 1.165) is 39.0 Å². The second-order valence-corrected chi connectivity index (χ2v) is 9.08. The van der Waals surface area contributed by atoms with Crippen molar-refractivity contribution in [2.24, 2.45) is 0 Å². The number of para-hydroxylation sites is 1. The van der Waals surface area contributed by atoms with E-state index < -0.39 is 5.60 Å². The van der Waals surface area contributed by atoms with Gasteiger partial charge < -0.3 is 9.84 Å². The fourth-order valence-corrected chi connectivity index (χ4v) is 4.92. The van der Waals surface area contributed by atoms with Crippen LogP contribution in [0.1, 0.15) is 33.7 Å². The molecule has 5 heteroatoms. The molecule has 2 unspecified atom stereocenters. The van der Waals surface area contributed by atoms with Crippen LogP contribution in [-0.2, 0) is 5.60 Å². The van der Waals surface area contributed by atoms with Gasteiger partial charge in [0.2, 0.25) is 0 Å². The Labute approximate surface area is 198 Å². The minimum absolute atomic E-state index is 0.249. The standard InChI is InChI=1S/C29H25N3O2/c1-19-7-11-21(12-8-19)25-18-34-28-17-23(32-27-6-4-3-5-26(27)30-31-32)15-16-24(28)29(25,33)22-13-9-20(2)10-14-22/h3-17,25,33H,18H2,1-2H3. The highest BCUT2D eigenvalue weighted by molar-refractivity contribution is 5.76. The summed E-state index contributed by atoms with van der Waals surface area (Å²) < 4.78 is 8.09. The van der Waals surface area contributed by atoms with Crippen LogP contribution in [0.2, 0.25) is 0 Å². The normalized spacial score (nSPS) is 19.6. The van der Waals surface area contributed by atoms with Crippen molar-refractivity contribution < 1.29 is 9.84 Å². The minimum Gasteiger partial charge on any atom is -0.492 e. The molecule has 0 aliphatic carbocycles. The fourth-order valence-electron chi connectivity index (χ4n) is 4.92. The molecule has 2 atom stereocenters. The number of hydrogen-bond acceptors (Lipinski definition) is 4. The Kier molecular flexibility index (Phi) is 4.74. The van der Waals surface area contributed by atoms with E-state index in [1.807, 2.05) is 66.7 Å². The van der Waals surface area contributed by atoms with Crippen molar-refractivity contribution in [1.29, 1.82) is 0 Å². The quantitative estimate of drug-likeness (QED) is 0.400. The molecule has 168 valence electrons. The molecule has 0 bridgehead atoms. The first kappa shape index (κ1) is 20.6. The van der Waals surface area contributed by atoms with Gasteiger partial charge in [0.1, 0.15) is 16.9 Å². The summed E-state index contributed by atoms with van der Waals surface area (Å²) in [5, 5.41) is 21.1. The Hall–Kier alpha value is -3.96. The van der Waals surface area contributed by atoms with Crippen molar-refractivity contribution >= 4 is 11.0 Å². The molecule has 0 spiro atoms. The lowest BCUT2D eigenvalue weighted by Crippen LogP contribution is -2.41. The monoisotopic (exact) mass is 447 g/mol. The summed E-state index contributed by atoms with van der Waals surface area (Å²) in [4.78, 5) is 0. The molecular weight excluding hydrogens is 422 g/mol. The number of aromatic nitrogens is 3. The predicted octanol–water partition coefficient (Wildman–Crippen LogP) is 5.45. The van der Waals surface area contributed by atoms with Gasteiger partial charge in [-0.1, -0.05) is 77.0 Å². The second-order valence-electron chi connectivity index (χ2n) is 9.08. The van der Waals surface area contributed by atoms with E-state index in [4.69, 9.17) is 4.74 Å². The fraction of sp³-hybridized carbons (Fsp3) is 0.172. The summed E-state index contributed by atoms with van der Waals surface area (Å²) in [7, 11) is 0. The van der Waals surface area contributed by atoms with Crippen molar-refractivity contribution in [3.05, 3.63) is 119 Å². The van der Waals surface area contributed by atoms with Crippen molar-refractivity contribution in [1.82, 2.24) is 15.0 Å². The smallest absolute Gasteiger partial charge is 0.128 e. The molecule has 0 fully saturated rings. The van der Waals surface area contributed by atoms with E-state index in [0.29, 0.717) is 12.4 Å². The van der Waals surface area contributed by atoms with Gasteiger partial charge in [-0.3, -0.25) is 0 Å². The van der Waals surface area contributed by atoms with Gasteiger partial charge in [0.15, 0.2) is 0 Å². The summed E-state index contributed by atoms with van der Waals surface area (Å²) >= 11 is 0. The van der Waals surface area contributed by atoms with Crippen LogP contribution in [0, 0.1) is 13.8 Å². The maximum Gasteiger partial charge on any atom is 0.128 e. The van der Waals surface area contributed by atoms with Gasteiger partial charge in [-0.15, -0.1) is 5.10 Å². The number of benzene rings is 4. The largest absolute Gasteiger partial charge is 0.492 e. The molecule has 5 nitrogen and oxygen atoms in total.